The number of nitrogens with one attached hydrogen (secondary N) is 2. The van der Waals surface area contributed by atoms with Crippen LogP contribution in [0.15, 0.2) is 22.7 Å². The molecule has 2 N–H and O–H groups in total. The van der Waals surface area contributed by atoms with Gasteiger partial charge in [0.25, 0.3) is 0 Å². The Labute approximate surface area is 122 Å². The van der Waals surface area contributed by atoms with Gasteiger partial charge in [-0.2, -0.15) is 0 Å². The molecule has 3 nitrogen and oxygen atoms in total. The van der Waals surface area contributed by atoms with Crippen LogP contribution in [0.1, 0.15) is 31.9 Å². The van der Waals surface area contributed by atoms with Crippen molar-refractivity contribution >= 4 is 33.3 Å². The molecule has 0 bridgehead atoms. The number of methoxy groups -OCH3 is 1. The molecule has 0 aliphatic rings. The topological polar surface area (TPSA) is 33.3 Å². The molecule has 0 heterocycles. The highest BCUT2D eigenvalue weighted by atomic mass is 79.9. The number of thiocarbonyl (C=S) groups is 1. The molecule has 1 aromatic carbocycles. The van der Waals surface area contributed by atoms with E-state index in [2.05, 4.69) is 40.4 Å². The summed E-state index contributed by atoms with van der Waals surface area (Å²) in [6.07, 6.45) is 1.06. The first kappa shape index (κ1) is 15.2. The summed E-state index contributed by atoms with van der Waals surface area (Å²) in [5.41, 5.74) is 1.16. The van der Waals surface area contributed by atoms with Gasteiger partial charge in [0.05, 0.1) is 17.6 Å². The number of halogens is 1. The summed E-state index contributed by atoms with van der Waals surface area (Å²) in [4.78, 5) is 0. The Morgan fingerprint density at radius 2 is 2.22 bits per heavy atom. The van der Waals surface area contributed by atoms with E-state index in [-0.39, 0.29) is 6.04 Å². The van der Waals surface area contributed by atoms with Gasteiger partial charge in [-0.3, -0.25) is 0 Å². The molecular weight excluding hydrogens is 312 g/mol. The van der Waals surface area contributed by atoms with Crippen molar-refractivity contribution in [3.63, 3.8) is 0 Å². The van der Waals surface area contributed by atoms with Gasteiger partial charge in [0.2, 0.25) is 0 Å². The third kappa shape index (κ3) is 4.46. The van der Waals surface area contributed by atoms with Crippen molar-refractivity contribution in [1.29, 1.82) is 0 Å². The zero-order valence-corrected chi connectivity index (χ0v) is 13.3. The first-order valence-electron chi connectivity index (χ1n) is 5.96. The summed E-state index contributed by atoms with van der Waals surface area (Å²) >= 11 is 8.70. The van der Waals surface area contributed by atoms with Gasteiger partial charge in [-0.25, -0.2) is 0 Å². The minimum atomic E-state index is 0.157. The maximum absolute atomic E-state index is 5.22. The second-order valence-electron chi connectivity index (χ2n) is 4.02. The lowest BCUT2D eigenvalue weighted by molar-refractivity contribution is 0.412. The van der Waals surface area contributed by atoms with Crippen molar-refractivity contribution < 1.29 is 4.74 Å². The van der Waals surface area contributed by atoms with E-state index < -0.39 is 0 Å². The number of hydrogen-bond donors (Lipinski definition) is 2. The lowest BCUT2D eigenvalue weighted by Gasteiger charge is -2.18. The lowest BCUT2D eigenvalue weighted by atomic mass is 10.1. The van der Waals surface area contributed by atoms with Crippen LogP contribution in [0.4, 0.5) is 0 Å². The molecule has 1 atom stereocenters. The van der Waals surface area contributed by atoms with Gasteiger partial charge in [-0.05, 0) is 59.2 Å². The molecule has 5 heteroatoms. The monoisotopic (exact) mass is 330 g/mol. The largest absolute Gasteiger partial charge is 0.496 e. The summed E-state index contributed by atoms with van der Waals surface area (Å²) in [5.74, 6) is 0.831. The molecule has 0 saturated carbocycles. The molecule has 0 amide bonds. The fourth-order valence-electron chi connectivity index (χ4n) is 1.52. The fourth-order valence-corrected chi connectivity index (χ4v) is 2.36. The molecule has 18 heavy (non-hydrogen) atoms. The van der Waals surface area contributed by atoms with Gasteiger partial charge in [-0.1, -0.05) is 13.0 Å². The number of ether oxygens (including phenoxy) is 1. The van der Waals surface area contributed by atoms with Crippen LogP contribution < -0.4 is 15.4 Å². The van der Waals surface area contributed by atoms with E-state index in [1.165, 1.54) is 0 Å². The summed E-state index contributed by atoms with van der Waals surface area (Å²) in [6.45, 7) is 5.08. The molecule has 0 spiro atoms. The van der Waals surface area contributed by atoms with Crippen LogP contribution in [-0.4, -0.2) is 18.8 Å². The maximum Gasteiger partial charge on any atom is 0.166 e. The van der Waals surface area contributed by atoms with Crippen molar-refractivity contribution in [3.05, 3.63) is 28.2 Å². The first-order valence-corrected chi connectivity index (χ1v) is 7.16. The summed E-state index contributed by atoms with van der Waals surface area (Å²) < 4.78 is 6.16. The second-order valence-corrected chi connectivity index (χ2v) is 5.28. The van der Waals surface area contributed by atoms with Crippen molar-refractivity contribution in [2.75, 3.05) is 13.7 Å². The highest BCUT2D eigenvalue weighted by Crippen LogP contribution is 2.27. The van der Waals surface area contributed by atoms with Crippen LogP contribution in [0.2, 0.25) is 0 Å². The van der Waals surface area contributed by atoms with Gasteiger partial charge >= 0.3 is 0 Å². The van der Waals surface area contributed by atoms with E-state index in [0.717, 1.165) is 28.8 Å². The average molecular weight is 331 g/mol. The highest BCUT2D eigenvalue weighted by molar-refractivity contribution is 9.10. The van der Waals surface area contributed by atoms with E-state index in [0.29, 0.717) is 5.11 Å². The Balaban J connectivity index is 2.63. The SMILES string of the molecule is CCCNC(=S)N[C@@H](C)c1ccc(OC)c(Br)c1. The van der Waals surface area contributed by atoms with Crippen LogP contribution in [0.3, 0.4) is 0 Å². The van der Waals surface area contributed by atoms with Crippen LogP contribution in [0.5, 0.6) is 5.75 Å². The van der Waals surface area contributed by atoms with Gasteiger partial charge in [0.15, 0.2) is 5.11 Å². The molecule has 0 saturated heterocycles. The molecule has 0 aromatic heterocycles. The Morgan fingerprint density at radius 1 is 1.50 bits per heavy atom. The third-order valence-corrected chi connectivity index (χ3v) is 3.44. The van der Waals surface area contributed by atoms with Gasteiger partial charge in [0, 0.05) is 6.54 Å². The average Bonchev–Trinajstić information content (AvgIpc) is 2.36. The van der Waals surface area contributed by atoms with Crippen LogP contribution in [-0.2, 0) is 0 Å². The van der Waals surface area contributed by atoms with Crippen LogP contribution in [0, 0.1) is 0 Å². The molecule has 100 valence electrons. The van der Waals surface area contributed by atoms with Crippen LogP contribution >= 0.6 is 28.1 Å². The van der Waals surface area contributed by atoms with E-state index in [1.807, 2.05) is 18.2 Å². The second kappa shape index (κ2) is 7.59. The van der Waals surface area contributed by atoms with Gasteiger partial charge < -0.3 is 15.4 Å². The standard InChI is InChI=1S/C13H19BrN2OS/c1-4-7-15-13(18)16-9(2)10-5-6-12(17-3)11(14)8-10/h5-6,8-9H,4,7H2,1-3H3,(H2,15,16,18)/t9-/m0/s1. The zero-order chi connectivity index (χ0) is 13.5. The summed E-state index contributed by atoms with van der Waals surface area (Å²) in [7, 11) is 1.66. The predicted octanol–water partition coefficient (Wildman–Crippen LogP) is 3.39. The minimum absolute atomic E-state index is 0.157. The predicted molar refractivity (Wildman–Crippen MR) is 83.1 cm³/mol. The third-order valence-electron chi connectivity index (χ3n) is 2.56. The molecule has 1 rings (SSSR count). The Hall–Kier alpha value is -0.810. The van der Waals surface area contributed by atoms with E-state index in [9.17, 15) is 0 Å². The Morgan fingerprint density at radius 3 is 2.78 bits per heavy atom. The molecule has 0 fully saturated rings. The molecule has 0 aliphatic carbocycles. The number of benzene rings is 1. The Kier molecular flexibility index (Phi) is 6.43. The normalized spacial score (nSPS) is 11.8. The van der Waals surface area contributed by atoms with Crippen molar-refractivity contribution in [3.8, 4) is 5.75 Å². The fraction of sp³-hybridized carbons (Fsp3) is 0.462. The number of rotatable bonds is 5. The Bertz CT molecular complexity index is 412. The molecular formula is C13H19BrN2OS. The molecule has 1 aromatic rings. The van der Waals surface area contributed by atoms with Crippen molar-refractivity contribution in [1.82, 2.24) is 10.6 Å². The summed E-state index contributed by atoms with van der Waals surface area (Å²) in [5, 5.41) is 7.10. The first-order chi connectivity index (χ1) is 8.58. The van der Waals surface area contributed by atoms with Crippen LogP contribution in [0.25, 0.3) is 0 Å². The highest BCUT2D eigenvalue weighted by Gasteiger charge is 2.09. The van der Waals surface area contributed by atoms with Gasteiger partial charge in [-0.15, -0.1) is 0 Å². The smallest absolute Gasteiger partial charge is 0.166 e. The molecule has 0 radical (unpaired) electrons. The molecule has 0 aliphatic heterocycles. The van der Waals surface area contributed by atoms with Gasteiger partial charge in [0.1, 0.15) is 5.75 Å². The van der Waals surface area contributed by atoms with E-state index in [4.69, 9.17) is 17.0 Å². The number of hydrogen-bond acceptors (Lipinski definition) is 2. The quantitative estimate of drug-likeness (QED) is 0.811. The van der Waals surface area contributed by atoms with Crippen molar-refractivity contribution in [2.24, 2.45) is 0 Å². The lowest BCUT2D eigenvalue weighted by Crippen LogP contribution is -2.37. The zero-order valence-electron chi connectivity index (χ0n) is 10.9. The minimum Gasteiger partial charge on any atom is -0.496 e. The van der Waals surface area contributed by atoms with E-state index >= 15 is 0 Å². The maximum atomic E-state index is 5.22. The summed E-state index contributed by atoms with van der Waals surface area (Å²) in [6, 6.07) is 6.17. The van der Waals surface area contributed by atoms with Crippen molar-refractivity contribution in [2.45, 2.75) is 26.3 Å². The van der Waals surface area contributed by atoms with E-state index in [1.54, 1.807) is 7.11 Å². The molecule has 0 unspecified atom stereocenters.